The molecule has 0 amide bonds. The van der Waals surface area contributed by atoms with E-state index in [0.29, 0.717) is 0 Å². The predicted molar refractivity (Wildman–Crippen MR) is 65.8 cm³/mol. The Morgan fingerprint density at radius 1 is 1.35 bits per heavy atom. The molecule has 1 atom stereocenters. The first-order valence-corrected chi connectivity index (χ1v) is 5.32. The first-order valence-electron chi connectivity index (χ1n) is 5.32. The summed E-state index contributed by atoms with van der Waals surface area (Å²) in [5, 5.41) is 3.41. The number of nitrogens with one attached hydrogen (secondary N) is 1. The number of rotatable bonds is 4. The number of nitrogens with zero attached hydrogens (tertiary/aromatic N) is 2. The standard InChI is InChI=1S/C13H16N3.BrH/c1-3-15-9-10-16(11-15)12(2)14-13-7-5-4-6-8-13;/h3-12,14H,1H2,2H3;1H/q+1;/p-1. The van der Waals surface area contributed by atoms with Crippen molar-refractivity contribution in [1.82, 2.24) is 4.57 Å². The van der Waals surface area contributed by atoms with Gasteiger partial charge in [0, 0.05) is 5.69 Å². The molecule has 0 saturated heterocycles. The second-order valence-electron chi connectivity index (χ2n) is 3.68. The van der Waals surface area contributed by atoms with Crippen molar-refractivity contribution in [3.63, 3.8) is 0 Å². The Morgan fingerprint density at radius 2 is 2.06 bits per heavy atom. The lowest BCUT2D eigenvalue weighted by Gasteiger charge is -2.11. The van der Waals surface area contributed by atoms with E-state index in [4.69, 9.17) is 0 Å². The van der Waals surface area contributed by atoms with E-state index >= 15 is 0 Å². The topological polar surface area (TPSA) is 20.8 Å². The van der Waals surface area contributed by atoms with E-state index in [2.05, 4.69) is 35.5 Å². The minimum absolute atomic E-state index is 0. The second-order valence-corrected chi connectivity index (χ2v) is 3.68. The SMILES string of the molecule is C=Cn1cc[n+](C(C)Nc2ccccc2)c1.[Br-]. The molecule has 2 aromatic rings. The summed E-state index contributed by atoms with van der Waals surface area (Å²) in [4.78, 5) is 0. The van der Waals surface area contributed by atoms with Crippen LogP contribution in [-0.2, 0) is 0 Å². The minimum Gasteiger partial charge on any atom is -1.00 e. The molecule has 0 bridgehead atoms. The van der Waals surface area contributed by atoms with Gasteiger partial charge in [-0.1, -0.05) is 24.8 Å². The fraction of sp³-hybridized carbons (Fsp3) is 0.154. The van der Waals surface area contributed by atoms with E-state index < -0.39 is 0 Å². The monoisotopic (exact) mass is 293 g/mol. The molecular weight excluding hydrogens is 278 g/mol. The zero-order valence-electron chi connectivity index (χ0n) is 9.75. The summed E-state index contributed by atoms with van der Waals surface area (Å²) in [6.07, 6.45) is 7.96. The van der Waals surface area contributed by atoms with Crippen molar-refractivity contribution in [2.45, 2.75) is 13.1 Å². The molecule has 0 saturated carbocycles. The van der Waals surface area contributed by atoms with Gasteiger partial charge in [0.25, 0.3) is 0 Å². The highest BCUT2D eigenvalue weighted by Crippen LogP contribution is 2.08. The summed E-state index contributed by atoms with van der Waals surface area (Å²) in [5.41, 5.74) is 1.12. The molecule has 4 heteroatoms. The van der Waals surface area contributed by atoms with Crippen LogP contribution in [0.2, 0.25) is 0 Å². The number of imidazole rings is 1. The van der Waals surface area contributed by atoms with Crippen LogP contribution in [0, 0.1) is 0 Å². The quantitative estimate of drug-likeness (QED) is 0.755. The van der Waals surface area contributed by atoms with Crippen LogP contribution in [0.5, 0.6) is 0 Å². The molecule has 0 fully saturated rings. The summed E-state index contributed by atoms with van der Waals surface area (Å²) in [7, 11) is 0. The first kappa shape index (κ1) is 13.5. The lowest BCUT2D eigenvalue weighted by Crippen LogP contribution is -3.00. The van der Waals surface area contributed by atoms with Gasteiger partial charge in [0.2, 0.25) is 6.33 Å². The van der Waals surface area contributed by atoms with E-state index in [1.54, 1.807) is 6.20 Å². The van der Waals surface area contributed by atoms with E-state index in [0.717, 1.165) is 5.69 Å². The van der Waals surface area contributed by atoms with E-state index in [-0.39, 0.29) is 23.1 Å². The molecule has 0 aliphatic heterocycles. The molecule has 2 rings (SSSR count). The Balaban J connectivity index is 0.00000144. The average molecular weight is 294 g/mol. The highest BCUT2D eigenvalue weighted by molar-refractivity contribution is 5.42. The average Bonchev–Trinajstić information content (AvgIpc) is 2.79. The highest BCUT2D eigenvalue weighted by Gasteiger charge is 2.09. The van der Waals surface area contributed by atoms with Crippen molar-refractivity contribution in [3.05, 3.63) is 55.6 Å². The van der Waals surface area contributed by atoms with Crippen molar-refractivity contribution in [2.24, 2.45) is 0 Å². The van der Waals surface area contributed by atoms with Crippen molar-refractivity contribution in [3.8, 4) is 0 Å². The summed E-state index contributed by atoms with van der Waals surface area (Å²) >= 11 is 0. The van der Waals surface area contributed by atoms with Crippen LogP contribution in [0.4, 0.5) is 5.69 Å². The molecule has 90 valence electrons. The van der Waals surface area contributed by atoms with E-state index in [1.807, 2.05) is 41.5 Å². The number of para-hydroxylation sites is 1. The van der Waals surface area contributed by atoms with Crippen LogP contribution >= 0.6 is 0 Å². The maximum Gasteiger partial charge on any atom is 0.250 e. The molecule has 1 heterocycles. The molecule has 0 aliphatic rings. The van der Waals surface area contributed by atoms with Crippen molar-refractivity contribution in [2.75, 3.05) is 5.32 Å². The van der Waals surface area contributed by atoms with Crippen LogP contribution in [0.1, 0.15) is 13.1 Å². The Labute approximate surface area is 112 Å². The maximum atomic E-state index is 3.72. The Bertz CT molecular complexity index is 465. The van der Waals surface area contributed by atoms with Gasteiger partial charge in [-0.15, -0.1) is 0 Å². The van der Waals surface area contributed by atoms with Gasteiger partial charge >= 0.3 is 0 Å². The zero-order valence-corrected chi connectivity index (χ0v) is 11.3. The third-order valence-electron chi connectivity index (χ3n) is 2.48. The second kappa shape index (κ2) is 6.25. The molecule has 1 aromatic heterocycles. The molecule has 0 spiro atoms. The molecule has 17 heavy (non-hydrogen) atoms. The summed E-state index contributed by atoms with van der Waals surface area (Å²) in [6.45, 7) is 5.83. The number of benzene rings is 1. The fourth-order valence-corrected chi connectivity index (χ4v) is 1.57. The van der Waals surface area contributed by atoms with Gasteiger partial charge in [0.05, 0.1) is 6.20 Å². The zero-order chi connectivity index (χ0) is 11.4. The molecule has 0 aliphatic carbocycles. The summed E-state index contributed by atoms with van der Waals surface area (Å²) in [6, 6.07) is 10.2. The number of hydrogen-bond acceptors (Lipinski definition) is 1. The fourth-order valence-electron chi connectivity index (χ4n) is 1.57. The third-order valence-corrected chi connectivity index (χ3v) is 2.48. The van der Waals surface area contributed by atoms with Gasteiger partial charge in [0.1, 0.15) is 12.4 Å². The predicted octanol–water partition coefficient (Wildman–Crippen LogP) is -0.489. The lowest BCUT2D eigenvalue weighted by molar-refractivity contribution is -0.712. The maximum absolute atomic E-state index is 3.72. The molecule has 1 aromatic carbocycles. The largest absolute Gasteiger partial charge is 1.00 e. The van der Waals surface area contributed by atoms with Gasteiger partial charge in [0.15, 0.2) is 6.17 Å². The van der Waals surface area contributed by atoms with E-state index in [9.17, 15) is 0 Å². The summed E-state index contributed by atoms with van der Waals surface area (Å²) in [5.74, 6) is 0. The van der Waals surface area contributed by atoms with Gasteiger partial charge in [-0.05, 0) is 19.1 Å². The van der Waals surface area contributed by atoms with Gasteiger partial charge in [-0.25, -0.2) is 9.13 Å². The molecule has 3 nitrogen and oxygen atoms in total. The van der Waals surface area contributed by atoms with Crippen LogP contribution in [0.3, 0.4) is 0 Å². The highest BCUT2D eigenvalue weighted by atomic mass is 79.9. The Hall–Kier alpha value is -1.55. The number of hydrogen-bond donors (Lipinski definition) is 1. The van der Waals surface area contributed by atoms with Gasteiger partial charge in [-0.3, -0.25) is 0 Å². The number of halogens is 1. The van der Waals surface area contributed by atoms with Crippen molar-refractivity contribution < 1.29 is 21.5 Å². The van der Waals surface area contributed by atoms with E-state index in [1.165, 1.54) is 0 Å². The Morgan fingerprint density at radius 3 is 2.65 bits per heavy atom. The minimum atomic E-state index is 0. The Kier molecular flexibility index (Phi) is 4.97. The van der Waals surface area contributed by atoms with Crippen LogP contribution in [-0.4, -0.2) is 4.57 Å². The first-order chi connectivity index (χ1) is 7.79. The van der Waals surface area contributed by atoms with Crippen LogP contribution in [0.25, 0.3) is 6.20 Å². The number of aromatic nitrogens is 2. The molecule has 1 N–H and O–H groups in total. The number of anilines is 1. The van der Waals surface area contributed by atoms with Gasteiger partial charge < -0.3 is 22.3 Å². The molecule has 0 radical (unpaired) electrons. The lowest BCUT2D eigenvalue weighted by atomic mass is 10.3. The molecule has 1 unspecified atom stereocenters. The smallest absolute Gasteiger partial charge is 0.250 e. The molecular formula is C13H16BrN3. The van der Waals surface area contributed by atoms with Gasteiger partial charge in [-0.2, -0.15) is 0 Å². The van der Waals surface area contributed by atoms with Crippen LogP contribution in [0.15, 0.2) is 55.6 Å². The third kappa shape index (κ3) is 3.46. The van der Waals surface area contributed by atoms with Crippen molar-refractivity contribution >= 4 is 11.9 Å². The van der Waals surface area contributed by atoms with Crippen LogP contribution < -0.4 is 26.9 Å². The summed E-state index contributed by atoms with van der Waals surface area (Å²) < 4.78 is 4.01. The van der Waals surface area contributed by atoms with Crippen molar-refractivity contribution in [1.29, 1.82) is 0 Å². The normalized spacial score (nSPS) is 11.4.